The van der Waals surface area contributed by atoms with E-state index in [9.17, 15) is 9.59 Å². The van der Waals surface area contributed by atoms with E-state index in [4.69, 9.17) is 9.44 Å². The maximum Gasteiger partial charge on any atom is 0.325 e. The fourth-order valence-corrected chi connectivity index (χ4v) is 1.40. The molecule has 5 nitrogen and oxygen atoms in total. The minimum absolute atomic E-state index is 0.271. The molecule has 0 bridgehead atoms. The number of ketones is 1. The molecule has 0 aliphatic carbocycles. The number of pyridine rings is 1. The highest BCUT2D eigenvalue weighted by Crippen LogP contribution is 2.20. The number of nitriles is 1. The van der Waals surface area contributed by atoms with Gasteiger partial charge in [-0.2, -0.15) is 5.26 Å². The number of hydrogen-bond acceptors (Lipinski definition) is 6. The third kappa shape index (κ3) is 3.71. The first-order valence-electron chi connectivity index (χ1n) is 4.35. The molecule has 0 radical (unpaired) electrons. The second-order valence-electron chi connectivity index (χ2n) is 2.89. The molecule has 0 aliphatic heterocycles. The topological polar surface area (TPSA) is 80.1 Å². The largest absolute Gasteiger partial charge is 0.384 e. The Kier molecular flexibility index (Phi) is 4.48. The summed E-state index contributed by atoms with van der Waals surface area (Å²) in [6, 6.07) is 5.09. The van der Waals surface area contributed by atoms with Gasteiger partial charge in [-0.3, -0.25) is 9.59 Å². The van der Waals surface area contributed by atoms with E-state index < -0.39 is 5.97 Å². The van der Waals surface area contributed by atoms with Crippen LogP contribution in [0, 0.1) is 11.3 Å². The molecule has 0 aliphatic rings. The monoisotopic (exact) mass is 236 g/mol. The van der Waals surface area contributed by atoms with Crippen molar-refractivity contribution in [3.8, 4) is 6.07 Å². The van der Waals surface area contributed by atoms with Gasteiger partial charge in [-0.1, -0.05) is 0 Å². The molecular weight excluding hydrogens is 228 g/mol. The summed E-state index contributed by atoms with van der Waals surface area (Å²) >= 11 is 0.686. The Morgan fingerprint density at radius 2 is 2.38 bits per heavy atom. The van der Waals surface area contributed by atoms with Gasteiger partial charge in [0.15, 0.2) is 5.03 Å². The van der Waals surface area contributed by atoms with Gasteiger partial charge in [-0.25, -0.2) is 4.98 Å². The van der Waals surface area contributed by atoms with Crippen molar-refractivity contribution in [2.24, 2.45) is 0 Å². The molecule has 0 saturated carbocycles. The molecule has 0 amide bonds. The van der Waals surface area contributed by atoms with E-state index in [1.165, 1.54) is 13.1 Å². The second-order valence-corrected chi connectivity index (χ2v) is 3.61. The molecule has 1 aromatic heterocycles. The van der Waals surface area contributed by atoms with Crippen molar-refractivity contribution in [2.45, 2.75) is 18.4 Å². The molecule has 0 N–H and O–H groups in total. The Bertz CT molecular complexity index is 454. The van der Waals surface area contributed by atoms with Crippen LogP contribution in [0.1, 0.15) is 18.9 Å². The molecule has 1 aromatic rings. The molecule has 1 heterocycles. The molecule has 82 valence electrons. The molecule has 16 heavy (non-hydrogen) atoms. The molecule has 0 unspecified atom stereocenters. The van der Waals surface area contributed by atoms with E-state index in [-0.39, 0.29) is 12.2 Å². The van der Waals surface area contributed by atoms with Crippen LogP contribution >= 0.6 is 12.0 Å². The van der Waals surface area contributed by atoms with E-state index >= 15 is 0 Å². The van der Waals surface area contributed by atoms with Gasteiger partial charge in [0.1, 0.15) is 30.3 Å². The molecular formula is C10H8N2O3S. The predicted molar refractivity (Wildman–Crippen MR) is 56.2 cm³/mol. The van der Waals surface area contributed by atoms with Crippen molar-refractivity contribution in [1.82, 2.24) is 4.98 Å². The Morgan fingerprint density at radius 3 is 3.00 bits per heavy atom. The molecule has 0 fully saturated rings. The Balaban J connectivity index is 2.58. The van der Waals surface area contributed by atoms with Gasteiger partial charge in [0.05, 0.1) is 5.56 Å². The van der Waals surface area contributed by atoms with Crippen molar-refractivity contribution in [2.75, 3.05) is 0 Å². The summed E-state index contributed by atoms with van der Waals surface area (Å²) in [7, 11) is 0. The Morgan fingerprint density at radius 1 is 1.62 bits per heavy atom. The van der Waals surface area contributed by atoms with Crippen LogP contribution in [0.2, 0.25) is 0 Å². The van der Waals surface area contributed by atoms with Gasteiger partial charge < -0.3 is 4.18 Å². The first-order chi connectivity index (χ1) is 7.63. The van der Waals surface area contributed by atoms with Crippen LogP contribution in [-0.2, 0) is 13.8 Å². The van der Waals surface area contributed by atoms with Crippen molar-refractivity contribution in [3.05, 3.63) is 23.9 Å². The lowest BCUT2D eigenvalue weighted by Crippen LogP contribution is -2.05. The molecule has 6 heteroatoms. The fourth-order valence-electron chi connectivity index (χ4n) is 0.861. The number of carbonyl (C=O) groups is 2. The van der Waals surface area contributed by atoms with Crippen LogP contribution in [0.5, 0.6) is 0 Å². The number of rotatable bonds is 4. The van der Waals surface area contributed by atoms with Crippen LogP contribution < -0.4 is 0 Å². The average Bonchev–Trinajstić information content (AvgIpc) is 2.26. The zero-order valence-electron chi connectivity index (χ0n) is 8.47. The van der Waals surface area contributed by atoms with Crippen LogP contribution in [0.4, 0.5) is 0 Å². The maximum absolute atomic E-state index is 11.1. The third-order valence-corrected chi connectivity index (χ3v) is 2.25. The zero-order chi connectivity index (χ0) is 12.0. The molecule has 0 atom stereocenters. The van der Waals surface area contributed by atoms with E-state index in [0.29, 0.717) is 22.6 Å². The highest BCUT2D eigenvalue weighted by atomic mass is 32.2. The summed E-state index contributed by atoms with van der Waals surface area (Å²) in [5, 5.41) is 9.04. The highest BCUT2D eigenvalue weighted by molar-refractivity contribution is 7.95. The van der Waals surface area contributed by atoms with Crippen molar-refractivity contribution in [3.63, 3.8) is 0 Å². The van der Waals surface area contributed by atoms with Gasteiger partial charge in [0.2, 0.25) is 0 Å². The normalized spacial score (nSPS) is 9.25. The van der Waals surface area contributed by atoms with Gasteiger partial charge in [0, 0.05) is 6.20 Å². The molecule has 0 aromatic carbocycles. The van der Waals surface area contributed by atoms with Crippen LogP contribution in [0.25, 0.3) is 0 Å². The maximum atomic E-state index is 11.1. The van der Waals surface area contributed by atoms with Crippen molar-refractivity contribution in [1.29, 1.82) is 5.26 Å². The van der Waals surface area contributed by atoms with Crippen LogP contribution in [0.15, 0.2) is 23.4 Å². The number of hydrogen-bond donors (Lipinski definition) is 0. The first-order valence-corrected chi connectivity index (χ1v) is 5.09. The first kappa shape index (κ1) is 12.2. The zero-order valence-corrected chi connectivity index (χ0v) is 9.28. The Labute approximate surface area is 96.6 Å². The Hall–Kier alpha value is -1.87. The number of aromatic nitrogens is 1. The number of nitrogens with zero attached hydrogens (tertiary/aromatic N) is 2. The molecule has 1 rings (SSSR count). The highest BCUT2D eigenvalue weighted by Gasteiger charge is 2.10. The number of Topliss-reactive ketones (excluding diaryl/α,β-unsaturated/α-hetero) is 1. The number of carbonyl (C=O) groups excluding carboxylic acids is 2. The predicted octanol–water partition coefficient (Wildman–Crippen LogP) is 1.48. The van der Waals surface area contributed by atoms with E-state index in [2.05, 4.69) is 4.98 Å². The standard InChI is InChI=1S/C10H8N2O3S/c1-7(13)5-9(14)15-16-10-8(6-11)3-2-4-12-10/h2-4H,5H2,1H3. The van der Waals surface area contributed by atoms with E-state index in [1.54, 1.807) is 12.1 Å². The fraction of sp³-hybridized carbons (Fsp3) is 0.200. The van der Waals surface area contributed by atoms with E-state index in [1.807, 2.05) is 6.07 Å². The lowest BCUT2D eigenvalue weighted by atomic mass is 10.3. The second kappa shape index (κ2) is 5.88. The average molecular weight is 236 g/mol. The summed E-state index contributed by atoms with van der Waals surface area (Å²) in [5.74, 6) is -0.917. The van der Waals surface area contributed by atoms with Gasteiger partial charge in [0.25, 0.3) is 0 Å². The van der Waals surface area contributed by atoms with Gasteiger partial charge >= 0.3 is 5.97 Å². The summed E-state index contributed by atoms with van der Waals surface area (Å²) in [5.41, 5.74) is 0.322. The summed E-state index contributed by atoms with van der Waals surface area (Å²) in [4.78, 5) is 25.5. The molecule has 0 spiro atoms. The van der Waals surface area contributed by atoms with E-state index in [0.717, 1.165) is 0 Å². The van der Waals surface area contributed by atoms with Crippen molar-refractivity contribution < 1.29 is 13.8 Å². The smallest absolute Gasteiger partial charge is 0.325 e. The lowest BCUT2D eigenvalue weighted by Gasteiger charge is -2.01. The summed E-state index contributed by atoms with van der Waals surface area (Å²) < 4.78 is 4.72. The minimum Gasteiger partial charge on any atom is -0.384 e. The van der Waals surface area contributed by atoms with Crippen LogP contribution in [-0.4, -0.2) is 16.7 Å². The SMILES string of the molecule is CC(=O)CC(=O)OSc1ncccc1C#N. The minimum atomic E-state index is -0.646. The van der Waals surface area contributed by atoms with Crippen LogP contribution in [0.3, 0.4) is 0 Å². The summed E-state index contributed by atoms with van der Waals surface area (Å²) in [6.07, 6.45) is 1.21. The van der Waals surface area contributed by atoms with Gasteiger partial charge in [-0.05, 0) is 19.1 Å². The van der Waals surface area contributed by atoms with Gasteiger partial charge in [-0.15, -0.1) is 0 Å². The molecule has 0 saturated heterocycles. The third-order valence-electron chi connectivity index (χ3n) is 1.50. The van der Waals surface area contributed by atoms with Crippen molar-refractivity contribution >= 4 is 23.8 Å². The lowest BCUT2D eigenvalue weighted by molar-refractivity contribution is -0.136. The summed E-state index contributed by atoms with van der Waals surface area (Å²) in [6.45, 7) is 1.30. The quantitative estimate of drug-likeness (QED) is 0.582.